The lowest BCUT2D eigenvalue weighted by Crippen LogP contribution is -2.39. The Kier molecular flexibility index (Phi) is 4.09. The quantitative estimate of drug-likeness (QED) is 0.786. The van der Waals surface area contributed by atoms with E-state index in [0.717, 1.165) is 25.5 Å². The monoisotopic (exact) mass is 269 g/mol. The van der Waals surface area contributed by atoms with E-state index in [-0.39, 0.29) is 11.7 Å². The molecule has 0 bridgehead atoms. The van der Waals surface area contributed by atoms with E-state index < -0.39 is 5.60 Å². The van der Waals surface area contributed by atoms with Crippen LogP contribution in [0.25, 0.3) is 0 Å². The molecule has 1 aliphatic heterocycles. The van der Waals surface area contributed by atoms with E-state index in [1.54, 1.807) is 4.90 Å². The van der Waals surface area contributed by atoms with Crippen molar-refractivity contribution in [2.24, 2.45) is 5.92 Å². The van der Waals surface area contributed by atoms with Crippen molar-refractivity contribution < 1.29 is 14.3 Å². The van der Waals surface area contributed by atoms with Gasteiger partial charge in [-0.3, -0.25) is 0 Å². The fourth-order valence-electron chi connectivity index (χ4n) is 2.41. The molecule has 1 saturated heterocycles. The number of amides is 1. The van der Waals surface area contributed by atoms with Crippen LogP contribution in [0.1, 0.15) is 53.4 Å². The SMILES string of the molecule is CC(C)(C)OC(=O)N1CCC(C)(OCCC2CC2)C1. The fourth-order valence-corrected chi connectivity index (χ4v) is 2.41. The molecule has 4 nitrogen and oxygen atoms in total. The Morgan fingerprint density at radius 2 is 2.05 bits per heavy atom. The largest absolute Gasteiger partial charge is 0.444 e. The standard InChI is InChI=1S/C15H27NO3/c1-14(2,3)19-13(17)16-9-8-15(4,11-16)18-10-7-12-5-6-12/h12H,5-11H2,1-4H3. The van der Waals surface area contributed by atoms with Crippen LogP contribution in [0.3, 0.4) is 0 Å². The Balaban J connectivity index is 1.75. The summed E-state index contributed by atoms with van der Waals surface area (Å²) in [6.07, 6.45) is 4.58. The third-order valence-corrected chi connectivity index (χ3v) is 3.76. The molecular formula is C15H27NO3. The van der Waals surface area contributed by atoms with Crippen molar-refractivity contribution in [2.45, 2.75) is 64.6 Å². The Labute approximate surface area is 116 Å². The first-order chi connectivity index (χ1) is 8.77. The molecule has 0 N–H and O–H groups in total. The van der Waals surface area contributed by atoms with Crippen LogP contribution in [-0.4, -0.2) is 41.9 Å². The summed E-state index contributed by atoms with van der Waals surface area (Å²) in [6, 6.07) is 0. The summed E-state index contributed by atoms with van der Waals surface area (Å²) in [5.41, 5.74) is -0.616. The minimum atomic E-state index is -0.428. The van der Waals surface area contributed by atoms with E-state index in [1.165, 1.54) is 19.3 Å². The zero-order chi connectivity index (χ0) is 14.1. The predicted molar refractivity (Wildman–Crippen MR) is 74.1 cm³/mol. The van der Waals surface area contributed by atoms with Gasteiger partial charge in [-0.25, -0.2) is 4.79 Å². The number of nitrogens with zero attached hydrogens (tertiary/aromatic N) is 1. The lowest BCUT2D eigenvalue weighted by Gasteiger charge is -2.27. The number of carbonyl (C=O) groups excluding carboxylic acids is 1. The molecule has 2 fully saturated rings. The second kappa shape index (κ2) is 5.31. The van der Waals surface area contributed by atoms with Crippen molar-refractivity contribution in [3.63, 3.8) is 0 Å². The molecule has 0 aromatic heterocycles. The van der Waals surface area contributed by atoms with E-state index in [0.29, 0.717) is 6.54 Å². The normalized spacial score (nSPS) is 27.7. The van der Waals surface area contributed by atoms with E-state index >= 15 is 0 Å². The first-order valence-corrected chi connectivity index (χ1v) is 7.39. The zero-order valence-corrected chi connectivity index (χ0v) is 12.7. The zero-order valence-electron chi connectivity index (χ0n) is 12.7. The molecule has 1 atom stereocenters. The molecule has 1 amide bonds. The Bertz CT molecular complexity index is 333. The minimum absolute atomic E-state index is 0.189. The average Bonchev–Trinajstić information content (AvgIpc) is 2.98. The third kappa shape index (κ3) is 4.68. The maximum Gasteiger partial charge on any atom is 0.410 e. The second-order valence-electron chi connectivity index (χ2n) is 7.18. The molecule has 2 aliphatic rings. The highest BCUT2D eigenvalue weighted by Gasteiger charge is 2.38. The van der Waals surface area contributed by atoms with Gasteiger partial charge in [-0.15, -0.1) is 0 Å². The third-order valence-electron chi connectivity index (χ3n) is 3.76. The van der Waals surface area contributed by atoms with E-state index in [4.69, 9.17) is 9.47 Å². The van der Waals surface area contributed by atoms with Crippen LogP contribution in [-0.2, 0) is 9.47 Å². The van der Waals surface area contributed by atoms with Gasteiger partial charge in [0.15, 0.2) is 0 Å². The summed E-state index contributed by atoms with van der Waals surface area (Å²) in [4.78, 5) is 13.8. The van der Waals surface area contributed by atoms with E-state index in [2.05, 4.69) is 6.92 Å². The Morgan fingerprint density at radius 1 is 1.37 bits per heavy atom. The number of hydrogen-bond acceptors (Lipinski definition) is 3. The van der Waals surface area contributed by atoms with Crippen molar-refractivity contribution >= 4 is 6.09 Å². The van der Waals surface area contributed by atoms with E-state index in [1.807, 2.05) is 20.8 Å². The first-order valence-electron chi connectivity index (χ1n) is 7.39. The lowest BCUT2D eigenvalue weighted by atomic mass is 10.1. The highest BCUT2D eigenvalue weighted by atomic mass is 16.6. The summed E-state index contributed by atoms with van der Waals surface area (Å²) in [7, 11) is 0. The van der Waals surface area contributed by atoms with Gasteiger partial charge in [0.25, 0.3) is 0 Å². The minimum Gasteiger partial charge on any atom is -0.444 e. The molecule has 0 radical (unpaired) electrons. The molecule has 19 heavy (non-hydrogen) atoms. The van der Waals surface area contributed by atoms with Crippen LogP contribution < -0.4 is 0 Å². The van der Waals surface area contributed by atoms with Crippen LogP contribution in [0.15, 0.2) is 0 Å². The number of carbonyl (C=O) groups is 1. The van der Waals surface area contributed by atoms with Crippen LogP contribution in [0.4, 0.5) is 4.79 Å². The summed E-state index contributed by atoms with van der Waals surface area (Å²) in [5, 5.41) is 0. The molecule has 110 valence electrons. The molecule has 0 aromatic carbocycles. The molecule has 4 heteroatoms. The topological polar surface area (TPSA) is 38.8 Å². The number of ether oxygens (including phenoxy) is 2. The van der Waals surface area contributed by atoms with Crippen molar-refractivity contribution in [1.29, 1.82) is 0 Å². The molecule has 1 saturated carbocycles. The van der Waals surface area contributed by atoms with Gasteiger partial charge in [-0.1, -0.05) is 12.8 Å². The first kappa shape index (κ1) is 14.6. The number of rotatable bonds is 4. The number of hydrogen-bond donors (Lipinski definition) is 0. The smallest absolute Gasteiger partial charge is 0.410 e. The van der Waals surface area contributed by atoms with E-state index in [9.17, 15) is 4.79 Å². The van der Waals surface area contributed by atoms with Gasteiger partial charge in [0.1, 0.15) is 5.60 Å². The van der Waals surface area contributed by atoms with Gasteiger partial charge in [0.2, 0.25) is 0 Å². The second-order valence-corrected chi connectivity index (χ2v) is 7.18. The van der Waals surface area contributed by atoms with Gasteiger partial charge in [0.05, 0.1) is 12.1 Å². The number of likely N-dealkylation sites (tertiary alicyclic amines) is 1. The maximum absolute atomic E-state index is 12.0. The Morgan fingerprint density at radius 3 is 2.63 bits per heavy atom. The summed E-state index contributed by atoms with van der Waals surface area (Å²) >= 11 is 0. The van der Waals surface area contributed by atoms with Gasteiger partial charge >= 0.3 is 6.09 Å². The maximum atomic E-state index is 12.0. The summed E-state index contributed by atoms with van der Waals surface area (Å²) in [6.45, 7) is 9.99. The highest BCUT2D eigenvalue weighted by Crippen LogP contribution is 2.33. The summed E-state index contributed by atoms with van der Waals surface area (Å²) < 4.78 is 11.4. The predicted octanol–water partition coefficient (Wildman–Crippen LogP) is 3.20. The fraction of sp³-hybridized carbons (Fsp3) is 0.933. The van der Waals surface area contributed by atoms with Crippen LogP contribution >= 0.6 is 0 Å². The molecule has 1 heterocycles. The van der Waals surface area contributed by atoms with Crippen molar-refractivity contribution in [1.82, 2.24) is 4.90 Å². The van der Waals surface area contributed by atoms with Gasteiger partial charge in [-0.2, -0.15) is 0 Å². The van der Waals surface area contributed by atoms with Gasteiger partial charge in [-0.05, 0) is 46.5 Å². The van der Waals surface area contributed by atoms with Crippen LogP contribution in [0.2, 0.25) is 0 Å². The van der Waals surface area contributed by atoms with Crippen LogP contribution in [0, 0.1) is 5.92 Å². The summed E-state index contributed by atoms with van der Waals surface area (Å²) in [5.74, 6) is 0.895. The molecule has 0 aromatic rings. The van der Waals surface area contributed by atoms with Gasteiger partial charge in [0, 0.05) is 13.2 Å². The van der Waals surface area contributed by atoms with Crippen LogP contribution in [0.5, 0.6) is 0 Å². The molecule has 0 spiro atoms. The molecule has 1 unspecified atom stereocenters. The van der Waals surface area contributed by atoms with Gasteiger partial charge < -0.3 is 14.4 Å². The average molecular weight is 269 g/mol. The van der Waals surface area contributed by atoms with Crippen molar-refractivity contribution in [3.8, 4) is 0 Å². The molecule has 1 aliphatic carbocycles. The Hall–Kier alpha value is -0.770. The van der Waals surface area contributed by atoms with Crippen molar-refractivity contribution in [3.05, 3.63) is 0 Å². The highest BCUT2D eigenvalue weighted by molar-refractivity contribution is 5.68. The van der Waals surface area contributed by atoms with Crippen molar-refractivity contribution in [2.75, 3.05) is 19.7 Å². The lowest BCUT2D eigenvalue weighted by molar-refractivity contribution is -0.0294. The molecule has 2 rings (SSSR count). The molecular weight excluding hydrogens is 242 g/mol.